The number of thiazole rings is 1. The zero-order chi connectivity index (χ0) is 27.8. The minimum absolute atomic E-state index is 0.180. The summed E-state index contributed by atoms with van der Waals surface area (Å²) in [6.07, 6.45) is 1.64. The van der Waals surface area contributed by atoms with Crippen molar-refractivity contribution in [3.05, 3.63) is 89.5 Å². The lowest BCUT2D eigenvalue weighted by molar-refractivity contribution is -0.139. The zero-order valence-electron chi connectivity index (χ0n) is 21.7. The third-order valence-corrected chi connectivity index (χ3v) is 8.13. The number of para-hydroxylation sites is 1. The third-order valence-electron chi connectivity index (χ3n) is 6.51. The number of rotatable bonds is 6. The van der Waals surface area contributed by atoms with Crippen LogP contribution in [0.2, 0.25) is 0 Å². The monoisotopic (exact) mass is 608 g/mol. The predicted octanol–water partition coefficient (Wildman–Crippen LogP) is 3.56. The van der Waals surface area contributed by atoms with Crippen LogP contribution >= 0.6 is 27.3 Å². The van der Waals surface area contributed by atoms with Crippen LogP contribution in [-0.4, -0.2) is 35.9 Å². The van der Waals surface area contributed by atoms with E-state index in [0.29, 0.717) is 42.2 Å². The van der Waals surface area contributed by atoms with Crippen LogP contribution in [0.4, 0.5) is 5.69 Å². The van der Waals surface area contributed by atoms with E-state index in [1.807, 2.05) is 24.3 Å². The second-order valence-corrected chi connectivity index (χ2v) is 10.8. The first-order valence-corrected chi connectivity index (χ1v) is 13.8. The van der Waals surface area contributed by atoms with Gasteiger partial charge in [0.15, 0.2) is 4.80 Å². The van der Waals surface area contributed by atoms with E-state index in [1.54, 1.807) is 58.2 Å². The number of esters is 1. The van der Waals surface area contributed by atoms with Crippen molar-refractivity contribution in [2.24, 2.45) is 16.0 Å². The van der Waals surface area contributed by atoms with Gasteiger partial charge < -0.3 is 9.47 Å². The number of hydrogen-bond acceptors (Lipinski definition) is 8. The molecule has 0 saturated heterocycles. The lowest BCUT2D eigenvalue weighted by Crippen LogP contribution is -2.40. The minimum Gasteiger partial charge on any atom is -0.496 e. The van der Waals surface area contributed by atoms with E-state index in [1.165, 1.54) is 20.9 Å². The molecule has 39 heavy (non-hydrogen) atoms. The number of allylic oxidation sites excluding steroid dienone is 1. The molecule has 0 spiro atoms. The number of benzene rings is 2. The molecular formula is C28H25BrN4O5S. The quantitative estimate of drug-likeness (QED) is 0.398. The highest BCUT2D eigenvalue weighted by Crippen LogP contribution is 2.35. The number of aromatic nitrogens is 1. The molecular weight excluding hydrogens is 584 g/mol. The van der Waals surface area contributed by atoms with Crippen molar-refractivity contribution < 1.29 is 19.1 Å². The highest BCUT2D eigenvalue weighted by molar-refractivity contribution is 9.10. The number of ether oxygens (including phenoxy) is 2. The summed E-state index contributed by atoms with van der Waals surface area (Å²) in [6, 6.07) is 13.7. The topological polar surface area (TPSA) is 103 Å². The molecule has 9 nitrogen and oxygen atoms in total. The Bertz CT molecular complexity index is 1720. The highest BCUT2D eigenvalue weighted by Gasteiger charge is 2.36. The van der Waals surface area contributed by atoms with Gasteiger partial charge in [0.25, 0.3) is 11.5 Å². The Morgan fingerprint density at radius 1 is 1.15 bits per heavy atom. The summed E-state index contributed by atoms with van der Waals surface area (Å²) in [5, 5.41) is 5.80. The van der Waals surface area contributed by atoms with Gasteiger partial charge in [0.2, 0.25) is 0 Å². The van der Waals surface area contributed by atoms with Crippen LogP contribution in [0.3, 0.4) is 0 Å². The molecule has 0 radical (unpaired) electrons. The Morgan fingerprint density at radius 3 is 2.56 bits per heavy atom. The molecule has 11 heteroatoms. The molecule has 3 heterocycles. The molecule has 0 N–H and O–H groups in total. The first-order chi connectivity index (χ1) is 18.7. The molecule has 5 rings (SSSR count). The number of hydrazone groups is 1. The fourth-order valence-corrected chi connectivity index (χ4v) is 6.26. The molecule has 1 aromatic heterocycles. The Kier molecular flexibility index (Phi) is 7.37. The van der Waals surface area contributed by atoms with Gasteiger partial charge in [-0.25, -0.2) is 9.79 Å². The molecule has 0 fully saturated rings. The summed E-state index contributed by atoms with van der Waals surface area (Å²) < 4.78 is 13.2. The maximum Gasteiger partial charge on any atom is 0.338 e. The van der Waals surface area contributed by atoms with Gasteiger partial charge in [-0.15, -0.1) is 0 Å². The van der Waals surface area contributed by atoms with E-state index >= 15 is 0 Å². The van der Waals surface area contributed by atoms with Crippen LogP contribution in [0, 0.1) is 5.92 Å². The number of amides is 1. The Hall–Kier alpha value is -3.83. The van der Waals surface area contributed by atoms with E-state index in [0.717, 1.165) is 0 Å². The predicted molar refractivity (Wildman–Crippen MR) is 153 cm³/mol. The van der Waals surface area contributed by atoms with E-state index in [9.17, 15) is 14.4 Å². The van der Waals surface area contributed by atoms with Crippen molar-refractivity contribution in [1.82, 2.24) is 4.57 Å². The van der Waals surface area contributed by atoms with Crippen LogP contribution in [0.15, 0.2) is 79.2 Å². The Balaban J connectivity index is 1.64. The maximum atomic E-state index is 13.9. The number of carbonyl (C=O) groups is 2. The molecule has 0 saturated carbocycles. The molecule has 2 atom stereocenters. The summed E-state index contributed by atoms with van der Waals surface area (Å²) >= 11 is 4.68. The molecule has 2 aliphatic rings. The van der Waals surface area contributed by atoms with Crippen molar-refractivity contribution in [1.29, 1.82) is 0 Å². The van der Waals surface area contributed by atoms with Gasteiger partial charge in [-0.2, -0.15) is 10.1 Å². The molecule has 3 aromatic rings. The summed E-state index contributed by atoms with van der Waals surface area (Å²) in [5.41, 5.74) is 2.29. The molecule has 2 aromatic carbocycles. The van der Waals surface area contributed by atoms with E-state index in [-0.39, 0.29) is 23.6 Å². The summed E-state index contributed by atoms with van der Waals surface area (Å²) in [7, 11) is 1.56. The molecule has 0 unspecified atom stereocenters. The lowest BCUT2D eigenvalue weighted by Gasteiger charge is -2.25. The third kappa shape index (κ3) is 4.76. The van der Waals surface area contributed by atoms with E-state index in [4.69, 9.17) is 9.47 Å². The molecule has 200 valence electrons. The second-order valence-electron chi connectivity index (χ2n) is 8.92. The van der Waals surface area contributed by atoms with E-state index < -0.39 is 17.9 Å². The van der Waals surface area contributed by atoms with Crippen LogP contribution in [0.25, 0.3) is 6.08 Å². The van der Waals surface area contributed by atoms with Gasteiger partial charge in [0, 0.05) is 0 Å². The Labute approximate surface area is 236 Å². The lowest BCUT2D eigenvalue weighted by atomic mass is 9.96. The zero-order valence-corrected chi connectivity index (χ0v) is 24.1. The van der Waals surface area contributed by atoms with Crippen molar-refractivity contribution in [2.75, 3.05) is 18.7 Å². The average molecular weight is 610 g/mol. The number of methoxy groups -OCH3 is 1. The van der Waals surface area contributed by atoms with Gasteiger partial charge in [-0.3, -0.25) is 14.2 Å². The fraction of sp³-hybridized carbons (Fsp3) is 0.250. The van der Waals surface area contributed by atoms with Crippen molar-refractivity contribution in [3.63, 3.8) is 0 Å². The molecule has 0 aliphatic carbocycles. The second kappa shape index (κ2) is 10.7. The summed E-state index contributed by atoms with van der Waals surface area (Å²) in [4.78, 5) is 45.3. The maximum absolute atomic E-state index is 13.9. The van der Waals surface area contributed by atoms with Crippen molar-refractivity contribution >= 4 is 56.6 Å². The number of nitrogens with zero attached hydrogens (tertiary/aromatic N) is 4. The molecule has 0 bridgehead atoms. The van der Waals surface area contributed by atoms with Gasteiger partial charge in [-0.05, 0) is 72.6 Å². The number of anilines is 1. The van der Waals surface area contributed by atoms with Crippen molar-refractivity contribution in [2.45, 2.75) is 26.8 Å². The normalized spacial score (nSPS) is 19.1. The number of carbonyl (C=O) groups excluding carboxylic acids is 2. The minimum atomic E-state index is -0.778. The van der Waals surface area contributed by atoms with Gasteiger partial charge >= 0.3 is 5.97 Å². The standard InChI is InChI=1S/C28H25BrN4O5S/c1-5-38-27(36)23-16(3)30-28-32(24(23)17-11-12-21(37-4)20(29)13-17)26(35)22(39-28)14-19-15(2)31-33(25(19)34)18-9-7-6-8-10-18/h6-14,19,24H,5H2,1-4H3/b22-14+/t19-,24+/m1/s1. The van der Waals surface area contributed by atoms with E-state index in [2.05, 4.69) is 26.0 Å². The summed E-state index contributed by atoms with van der Waals surface area (Å²) in [5.74, 6) is -0.881. The number of halogens is 1. The van der Waals surface area contributed by atoms with Gasteiger partial charge in [0.05, 0.1) is 51.4 Å². The van der Waals surface area contributed by atoms with Gasteiger partial charge in [-0.1, -0.05) is 35.6 Å². The highest BCUT2D eigenvalue weighted by atomic mass is 79.9. The largest absolute Gasteiger partial charge is 0.496 e. The first-order valence-electron chi connectivity index (χ1n) is 12.2. The number of hydrogen-bond donors (Lipinski definition) is 0. The van der Waals surface area contributed by atoms with Crippen LogP contribution < -0.4 is 24.6 Å². The van der Waals surface area contributed by atoms with Crippen LogP contribution in [-0.2, 0) is 14.3 Å². The Morgan fingerprint density at radius 2 is 1.90 bits per heavy atom. The van der Waals surface area contributed by atoms with Crippen LogP contribution in [0.1, 0.15) is 32.4 Å². The summed E-state index contributed by atoms with van der Waals surface area (Å²) in [6.45, 7) is 5.40. The molecule has 1 amide bonds. The average Bonchev–Trinajstić information content (AvgIpc) is 3.38. The molecule has 2 aliphatic heterocycles. The van der Waals surface area contributed by atoms with Gasteiger partial charge in [0.1, 0.15) is 11.7 Å². The van der Waals surface area contributed by atoms with Crippen molar-refractivity contribution in [3.8, 4) is 5.75 Å². The first kappa shape index (κ1) is 26.8. The van der Waals surface area contributed by atoms with Crippen LogP contribution in [0.5, 0.6) is 5.75 Å². The number of fused-ring (bicyclic) bond motifs is 1. The SMILES string of the molecule is CCOC(=O)C1=C(C)N=c2s/c(=C/[C@H]3C(=O)N(c4ccccc4)N=C3C)c(=O)n2[C@H]1c1ccc(OC)c(Br)c1. The smallest absolute Gasteiger partial charge is 0.338 e. The fourth-order valence-electron chi connectivity index (χ4n) is 4.65.